The average Bonchev–Trinajstić information content (AvgIpc) is 3.67. The zero-order valence-corrected chi connectivity index (χ0v) is 24.0. The Morgan fingerprint density at radius 1 is 1.20 bits per heavy atom. The van der Waals surface area contributed by atoms with E-state index in [9.17, 15) is 14.7 Å². The van der Waals surface area contributed by atoms with Crippen LogP contribution in [-0.4, -0.2) is 84.0 Å². The summed E-state index contributed by atoms with van der Waals surface area (Å²) in [7, 11) is 3.56. The van der Waals surface area contributed by atoms with Gasteiger partial charge in [-0.05, 0) is 68.5 Å². The predicted molar refractivity (Wildman–Crippen MR) is 152 cm³/mol. The minimum atomic E-state index is -0.862. The maximum atomic E-state index is 13.7. The molecule has 1 saturated heterocycles. The Morgan fingerprint density at radius 2 is 2.00 bits per heavy atom. The highest BCUT2D eigenvalue weighted by molar-refractivity contribution is 5.79. The number of likely N-dealkylation sites (tertiary alicyclic amines) is 1. The lowest BCUT2D eigenvalue weighted by atomic mass is 9.83. The third kappa shape index (κ3) is 6.72. The van der Waals surface area contributed by atoms with E-state index in [2.05, 4.69) is 22.5 Å². The Hall–Kier alpha value is -3.24. The molecule has 40 heavy (non-hydrogen) atoms. The van der Waals surface area contributed by atoms with Crippen LogP contribution in [0.25, 0.3) is 0 Å². The van der Waals surface area contributed by atoms with Gasteiger partial charge in [-0.1, -0.05) is 13.3 Å². The molecule has 2 aromatic rings. The summed E-state index contributed by atoms with van der Waals surface area (Å²) in [5.74, 6) is -0.240. The number of carbonyl (C=O) groups excluding carboxylic acids is 1. The number of rotatable bonds is 15. The maximum absolute atomic E-state index is 13.7. The topological polar surface area (TPSA) is 119 Å². The lowest BCUT2D eigenvalue weighted by Crippen LogP contribution is -2.45. The quantitative estimate of drug-likeness (QED) is 0.321. The first-order valence-corrected chi connectivity index (χ1v) is 14.4. The number of aromatic nitrogens is 1. The van der Waals surface area contributed by atoms with Crippen molar-refractivity contribution in [2.45, 2.75) is 57.4 Å². The summed E-state index contributed by atoms with van der Waals surface area (Å²) in [6.07, 6.45) is 7.00. The molecule has 1 aromatic carbocycles. The average molecular weight is 557 g/mol. The third-order valence-electron chi connectivity index (χ3n) is 8.24. The Balaban J connectivity index is 1.62. The van der Waals surface area contributed by atoms with Crippen LogP contribution < -0.4 is 19.9 Å². The molecule has 3 atom stereocenters. The fourth-order valence-electron chi connectivity index (χ4n) is 6.04. The van der Waals surface area contributed by atoms with Crippen molar-refractivity contribution >= 4 is 11.9 Å². The number of carboxylic acids is 1. The smallest absolute Gasteiger partial charge is 0.308 e. The van der Waals surface area contributed by atoms with Gasteiger partial charge in [-0.15, -0.1) is 0 Å². The molecule has 1 aromatic heterocycles. The first-order chi connectivity index (χ1) is 19.4. The van der Waals surface area contributed by atoms with E-state index in [0.29, 0.717) is 49.8 Å². The Labute approximate surface area is 237 Å². The Bertz CT molecular complexity index is 1150. The number of hydrogen-bond donors (Lipinski definition) is 2. The van der Waals surface area contributed by atoms with Crippen LogP contribution in [0.2, 0.25) is 0 Å². The van der Waals surface area contributed by atoms with Gasteiger partial charge >= 0.3 is 5.97 Å². The van der Waals surface area contributed by atoms with Crippen molar-refractivity contribution in [3.05, 3.63) is 41.7 Å². The van der Waals surface area contributed by atoms with Gasteiger partial charge in [-0.25, -0.2) is 0 Å². The van der Waals surface area contributed by atoms with E-state index in [1.54, 1.807) is 7.11 Å². The molecule has 0 saturated carbocycles. The molecule has 10 nitrogen and oxygen atoms in total. The summed E-state index contributed by atoms with van der Waals surface area (Å²) in [6.45, 7) is 4.82. The number of nitrogens with two attached hydrogens (primary N) is 1. The van der Waals surface area contributed by atoms with Crippen molar-refractivity contribution in [2.24, 2.45) is 18.7 Å². The minimum absolute atomic E-state index is 0.0439. The largest absolute Gasteiger partial charge is 0.493 e. The lowest BCUT2D eigenvalue weighted by molar-refractivity contribution is -0.143. The molecule has 10 heteroatoms. The number of ether oxygens (including phenoxy) is 3. The molecule has 2 aliphatic rings. The zero-order chi connectivity index (χ0) is 28.6. The van der Waals surface area contributed by atoms with Crippen LogP contribution >= 0.6 is 0 Å². The minimum Gasteiger partial charge on any atom is -0.493 e. The Morgan fingerprint density at radius 3 is 2.67 bits per heavy atom. The molecule has 0 radical (unpaired) electrons. The Kier molecular flexibility index (Phi) is 10.3. The van der Waals surface area contributed by atoms with Crippen LogP contribution in [-0.2, 0) is 23.1 Å². The van der Waals surface area contributed by atoms with Gasteiger partial charge < -0.3 is 34.5 Å². The summed E-state index contributed by atoms with van der Waals surface area (Å²) in [5.41, 5.74) is 7.65. The molecule has 220 valence electrons. The summed E-state index contributed by atoms with van der Waals surface area (Å²) in [4.78, 5) is 30.5. The molecular formula is C30H44N4O6. The number of fused-ring (bicyclic) bond motifs is 1. The van der Waals surface area contributed by atoms with E-state index in [1.807, 2.05) is 36.3 Å². The second kappa shape index (κ2) is 13.9. The number of methoxy groups -OCH3 is 1. The van der Waals surface area contributed by atoms with E-state index < -0.39 is 11.9 Å². The maximum Gasteiger partial charge on any atom is 0.308 e. The van der Waals surface area contributed by atoms with Crippen LogP contribution in [0.4, 0.5) is 0 Å². The highest BCUT2D eigenvalue weighted by Gasteiger charge is 2.47. The van der Waals surface area contributed by atoms with Gasteiger partial charge in [0.1, 0.15) is 0 Å². The second-order valence-electron chi connectivity index (χ2n) is 10.8. The van der Waals surface area contributed by atoms with Gasteiger partial charge in [0.15, 0.2) is 11.5 Å². The highest BCUT2D eigenvalue weighted by atomic mass is 16.7. The molecule has 4 rings (SSSR count). The van der Waals surface area contributed by atoms with Crippen LogP contribution in [0.3, 0.4) is 0 Å². The summed E-state index contributed by atoms with van der Waals surface area (Å²) in [6, 6.07) is 7.47. The number of carbonyl (C=O) groups is 2. The van der Waals surface area contributed by atoms with Crippen LogP contribution in [0.15, 0.2) is 30.5 Å². The van der Waals surface area contributed by atoms with Crippen molar-refractivity contribution in [3.63, 3.8) is 0 Å². The molecule has 0 aliphatic carbocycles. The van der Waals surface area contributed by atoms with Gasteiger partial charge in [0.05, 0.1) is 19.6 Å². The third-order valence-corrected chi connectivity index (χ3v) is 8.24. The molecule has 1 fully saturated rings. The van der Waals surface area contributed by atoms with Gasteiger partial charge in [0.2, 0.25) is 18.4 Å². The van der Waals surface area contributed by atoms with Gasteiger partial charge in [0.25, 0.3) is 0 Å². The first kappa shape index (κ1) is 29.7. The number of aliphatic carboxylic acids is 1. The summed E-state index contributed by atoms with van der Waals surface area (Å²) >= 11 is 0. The van der Waals surface area contributed by atoms with Crippen molar-refractivity contribution < 1.29 is 28.9 Å². The monoisotopic (exact) mass is 556 g/mol. The SMILES string of the molecule is CCCCN(CCCCN)C(=O)CN1C[C@H](c2cc(OC)c3c(c2)OCO3)[C@@H](C(=O)O)[C@@H]1CCc1cccn1C. The van der Waals surface area contributed by atoms with Crippen molar-refractivity contribution in [1.82, 2.24) is 14.4 Å². The number of benzene rings is 1. The number of amides is 1. The molecule has 3 heterocycles. The zero-order valence-electron chi connectivity index (χ0n) is 24.0. The first-order valence-electron chi connectivity index (χ1n) is 14.4. The van der Waals surface area contributed by atoms with E-state index >= 15 is 0 Å². The summed E-state index contributed by atoms with van der Waals surface area (Å²) < 4.78 is 18.8. The van der Waals surface area contributed by atoms with Crippen LogP contribution in [0.1, 0.15) is 56.2 Å². The second-order valence-corrected chi connectivity index (χ2v) is 10.8. The summed E-state index contributed by atoms with van der Waals surface area (Å²) in [5, 5.41) is 10.5. The number of nitrogens with zero attached hydrogens (tertiary/aromatic N) is 3. The van der Waals surface area contributed by atoms with E-state index in [-0.39, 0.29) is 31.2 Å². The van der Waals surface area contributed by atoms with Gasteiger partial charge in [-0.2, -0.15) is 0 Å². The molecule has 0 spiro atoms. The van der Waals surface area contributed by atoms with E-state index in [0.717, 1.165) is 43.4 Å². The molecule has 0 bridgehead atoms. The van der Waals surface area contributed by atoms with E-state index in [1.165, 1.54) is 0 Å². The predicted octanol–water partition coefficient (Wildman–Crippen LogP) is 3.23. The van der Waals surface area contributed by atoms with Crippen molar-refractivity contribution in [2.75, 3.05) is 46.6 Å². The number of aryl methyl sites for hydroxylation is 2. The molecule has 3 N–H and O–H groups in total. The van der Waals surface area contributed by atoms with Crippen LogP contribution in [0, 0.1) is 5.92 Å². The van der Waals surface area contributed by atoms with E-state index in [4.69, 9.17) is 19.9 Å². The number of carboxylic acid groups (broad SMARTS) is 1. The van der Waals surface area contributed by atoms with Gasteiger partial charge in [0, 0.05) is 50.5 Å². The highest BCUT2D eigenvalue weighted by Crippen LogP contribution is 2.47. The van der Waals surface area contributed by atoms with Gasteiger partial charge in [-0.3, -0.25) is 14.5 Å². The fourth-order valence-corrected chi connectivity index (χ4v) is 6.04. The normalized spacial score (nSPS) is 20.1. The lowest BCUT2D eigenvalue weighted by Gasteiger charge is -2.30. The van der Waals surface area contributed by atoms with Crippen molar-refractivity contribution in [1.29, 1.82) is 0 Å². The number of hydrogen-bond acceptors (Lipinski definition) is 7. The number of unbranched alkanes of at least 4 members (excludes halogenated alkanes) is 2. The van der Waals surface area contributed by atoms with Crippen molar-refractivity contribution in [3.8, 4) is 17.2 Å². The molecule has 2 aliphatic heterocycles. The standard InChI is InChI=1S/C30H44N4O6/c1-4-5-14-33(15-7-6-12-31)27(35)19-34-18-23(21-16-25(38-3)29-26(17-21)39-20-40-29)28(30(36)37)24(34)11-10-22-9-8-13-32(22)2/h8-9,13,16-17,23-24,28H,4-7,10-12,14-15,18-20,31H2,1-3H3,(H,36,37)/t23-,24+,28-/m1/s1. The molecular weight excluding hydrogens is 512 g/mol. The fraction of sp³-hybridized carbons (Fsp3) is 0.600. The molecule has 1 amide bonds. The van der Waals surface area contributed by atoms with Crippen LogP contribution in [0.5, 0.6) is 17.2 Å². The molecule has 0 unspecified atom stereocenters.